The Hall–Kier alpha value is -3.83. The van der Waals surface area contributed by atoms with E-state index < -0.39 is 22.8 Å². The average Bonchev–Trinajstić information content (AvgIpc) is 2.80. The second kappa shape index (κ2) is 10.7. The van der Waals surface area contributed by atoms with Crippen molar-refractivity contribution in [2.45, 2.75) is 20.5 Å². The number of nitrogens with zero attached hydrogens (tertiary/aromatic N) is 2. The number of nitro groups is 1. The van der Waals surface area contributed by atoms with Crippen LogP contribution in [0.3, 0.4) is 0 Å². The van der Waals surface area contributed by atoms with Crippen molar-refractivity contribution in [2.75, 3.05) is 4.90 Å². The lowest BCUT2D eigenvalue weighted by molar-refractivity contribution is -0.384. The summed E-state index contributed by atoms with van der Waals surface area (Å²) in [5.74, 6) is -1.11. The summed E-state index contributed by atoms with van der Waals surface area (Å²) in [4.78, 5) is 49.8. The van der Waals surface area contributed by atoms with Crippen molar-refractivity contribution < 1.29 is 24.0 Å². The third-order valence-electron chi connectivity index (χ3n) is 5.40. The number of benzene rings is 3. The summed E-state index contributed by atoms with van der Waals surface area (Å²) in [6, 6.07) is 13.9. The molecule has 0 aliphatic carbocycles. The number of rotatable bonds is 6. The maximum absolute atomic E-state index is 13.2. The molecule has 4 rings (SSSR count). The lowest BCUT2D eigenvalue weighted by atomic mass is 10.1. The summed E-state index contributed by atoms with van der Waals surface area (Å²) >= 11 is 6.87. The van der Waals surface area contributed by atoms with E-state index in [-0.39, 0.29) is 17.9 Å². The molecule has 4 amide bonds. The van der Waals surface area contributed by atoms with Crippen molar-refractivity contribution in [3.63, 3.8) is 0 Å². The van der Waals surface area contributed by atoms with Crippen LogP contribution in [0.15, 0.2) is 69.1 Å². The Balaban J connectivity index is 1.61. The van der Waals surface area contributed by atoms with Gasteiger partial charge in [0, 0.05) is 12.1 Å². The van der Waals surface area contributed by atoms with Crippen LogP contribution in [-0.2, 0) is 16.2 Å². The Morgan fingerprint density at radius 3 is 2.27 bits per heavy atom. The fourth-order valence-electron chi connectivity index (χ4n) is 3.85. The number of hydrogen-bond donors (Lipinski definition) is 1. The lowest BCUT2D eigenvalue weighted by Gasteiger charge is -2.27. The highest BCUT2D eigenvalue weighted by molar-refractivity contribution is 9.11. The molecule has 0 saturated carbocycles. The number of hydrogen-bond acceptors (Lipinski definition) is 6. The molecule has 1 aliphatic heterocycles. The van der Waals surface area contributed by atoms with Crippen LogP contribution in [0.5, 0.6) is 5.75 Å². The highest BCUT2D eigenvalue weighted by atomic mass is 79.9. The van der Waals surface area contributed by atoms with Gasteiger partial charge in [0.15, 0.2) is 0 Å². The summed E-state index contributed by atoms with van der Waals surface area (Å²) in [5.41, 5.74) is 2.96. The van der Waals surface area contributed by atoms with Gasteiger partial charge in [-0.15, -0.1) is 0 Å². The number of nitrogens with one attached hydrogen (secondary N) is 1. The Bertz CT molecular complexity index is 1460. The van der Waals surface area contributed by atoms with E-state index in [9.17, 15) is 24.5 Å². The highest BCUT2D eigenvalue weighted by Gasteiger charge is 2.37. The predicted molar refractivity (Wildman–Crippen MR) is 144 cm³/mol. The first-order chi connectivity index (χ1) is 17.5. The second-order valence-electron chi connectivity index (χ2n) is 8.33. The van der Waals surface area contributed by atoms with Crippen LogP contribution in [0.4, 0.5) is 16.2 Å². The maximum atomic E-state index is 13.2. The van der Waals surface area contributed by atoms with Crippen LogP contribution >= 0.6 is 31.9 Å². The molecule has 11 heteroatoms. The van der Waals surface area contributed by atoms with Crippen LogP contribution < -0.4 is 15.0 Å². The molecule has 1 saturated heterocycles. The molecule has 0 spiro atoms. The molecule has 0 radical (unpaired) electrons. The molecule has 0 aromatic heterocycles. The van der Waals surface area contributed by atoms with Gasteiger partial charge in [0.2, 0.25) is 0 Å². The van der Waals surface area contributed by atoms with E-state index in [0.717, 1.165) is 16.0 Å². The van der Waals surface area contributed by atoms with E-state index in [0.29, 0.717) is 31.5 Å². The summed E-state index contributed by atoms with van der Waals surface area (Å²) in [5, 5.41) is 13.2. The molecule has 3 aromatic carbocycles. The summed E-state index contributed by atoms with van der Waals surface area (Å²) in [6.45, 7) is 3.78. The van der Waals surface area contributed by atoms with Crippen molar-refractivity contribution in [3.05, 3.63) is 101 Å². The molecular weight excluding hydrogens is 610 g/mol. The molecule has 9 nitrogen and oxygen atoms in total. The largest absolute Gasteiger partial charge is 0.487 e. The van der Waals surface area contributed by atoms with Gasteiger partial charge in [-0.25, -0.2) is 9.69 Å². The fourth-order valence-corrected chi connectivity index (χ4v) is 5.31. The number of barbiturate groups is 1. The van der Waals surface area contributed by atoms with Crippen molar-refractivity contribution in [3.8, 4) is 5.75 Å². The van der Waals surface area contributed by atoms with Gasteiger partial charge in [0.25, 0.3) is 17.5 Å². The number of urea groups is 1. The normalized spacial score (nSPS) is 14.6. The Morgan fingerprint density at radius 1 is 1.00 bits per heavy atom. The number of amides is 4. The summed E-state index contributed by atoms with van der Waals surface area (Å²) < 4.78 is 6.89. The van der Waals surface area contributed by atoms with Gasteiger partial charge in [-0.2, -0.15) is 0 Å². The quantitative estimate of drug-likeness (QED) is 0.155. The maximum Gasteiger partial charge on any atom is 0.335 e. The number of non-ortho nitro benzene ring substituents is 1. The van der Waals surface area contributed by atoms with E-state index >= 15 is 0 Å². The number of carbonyl (C=O) groups excluding carboxylic acids is 3. The number of aryl methyl sites for hydroxylation is 2. The van der Waals surface area contributed by atoms with E-state index in [2.05, 4.69) is 37.2 Å². The topological polar surface area (TPSA) is 119 Å². The molecule has 1 aliphatic rings. The predicted octanol–water partition coefficient (Wildman–Crippen LogP) is 5.98. The van der Waals surface area contributed by atoms with E-state index in [1.807, 2.05) is 19.9 Å². The molecule has 3 aromatic rings. The first kappa shape index (κ1) is 26.2. The molecule has 37 heavy (non-hydrogen) atoms. The molecule has 0 unspecified atom stereocenters. The molecule has 0 atom stereocenters. The SMILES string of the molecule is Cc1cc(C)cc(N2C(=O)NC(=O)/C(=C\c3cc(Br)c(OCc4cccc([N+](=O)[O-])c4)c(Br)c3)C2=O)c1. The van der Waals surface area contributed by atoms with E-state index in [1.54, 1.807) is 36.4 Å². The number of carbonyl (C=O) groups is 3. The fraction of sp³-hybridized carbons (Fsp3) is 0.115. The molecule has 1 heterocycles. The van der Waals surface area contributed by atoms with Crippen LogP contribution in [0.25, 0.3) is 6.08 Å². The highest BCUT2D eigenvalue weighted by Crippen LogP contribution is 2.36. The zero-order valence-electron chi connectivity index (χ0n) is 19.6. The lowest BCUT2D eigenvalue weighted by Crippen LogP contribution is -2.54. The third-order valence-corrected chi connectivity index (χ3v) is 6.58. The zero-order valence-corrected chi connectivity index (χ0v) is 22.8. The summed E-state index contributed by atoms with van der Waals surface area (Å²) in [7, 11) is 0. The smallest absolute Gasteiger partial charge is 0.335 e. The average molecular weight is 629 g/mol. The van der Waals surface area contributed by atoms with Gasteiger partial charge in [-0.3, -0.25) is 25.0 Å². The van der Waals surface area contributed by atoms with Gasteiger partial charge in [-0.05, 0) is 98.3 Å². The number of imide groups is 2. The van der Waals surface area contributed by atoms with Gasteiger partial charge < -0.3 is 4.74 Å². The summed E-state index contributed by atoms with van der Waals surface area (Å²) in [6.07, 6.45) is 1.39. The van der Waals surface area contributed by atoms with Crippen LogP contribution in [0.1, 0.15) is 22.3 Å². The first-order valence-electron chi connectivity index (χ1n) is 10.9. The van der Waals surface area contributed by atoms with Crippen molar-refractivity contribution in [1.82, 2.24) is 5.32 Å². The Morgan fingerprint density at radius 2 is 1.65 bits per heavy atom. The second-order valence-corrected chi connectivity index (χ2v) is 10.0. The van der Waals surface area contributed by atoms with Crippen molar-refractivity contribution in [2.24, 2.45) is 0 Å². The first-order valence-corrected chi connectivity index (χ1v) is 12.5. The van der Waals surface area contributed by atoms with Crippen LogP contribution in [0, 0.1) is 24.0 Å². The standard InChI is InChI=1S/C26H19Br2N3O6/c1-14-6-15(2)8-19(7-14)30-25(33)20(24(32)29-26(30)34)10-17-11-21(27)23(22(28)12-17)37-13-16-4-3-5-18(9-16)31(35)36/h3-12H,13H2,1-2H3,(H,29,32,34)/b20-10+. The van der Waals surface area contributed by atoms with Crippen LogP contribution in [0.2, 0.25) is 0 Å². The van der Waals surface area contributed by atoms with E-state index in [1.165, 1.54) is 18.2 Å². The monoisotopic (exact) mass is 627 g/mol. The zero-order chi connectivity index (χ0) is 26.9. The number of anilines is 1. The van der Waals surface area contributed by atoms with E-state index in [4.69, 9.17) is 4.74 Å². The van der Waals surface area contributed by atoms with Crippen LogP contribution in [-0.4, -0.2) is 22.8 Å². The minimum absolute atomic E-state index is 0.0371. The minimum atomic E-state index is -0.815. The molecular formula is C26H19Br2N3O6. The molecule has 1 fully saturated rings. The van der Waals surface area contributed by atoms with Crippen molar-refractivity contribution >= 4 is 67.2 Å². The van der Waals surface area contributed by atoms with Gasteiger partial charge in [-0.1, -0.05) is 18.2 Å². The molecule has 188 valence electrons. The third kappa shape index (κ3) is 5.78. The minimum Gasteiger partial charge on any atom is -0.487 e. The Labute approximate surface area is 228 Å². The van der Waals surface area contributed by atoms with Gasteiger partial charge in [0.05, 0.1) is 19.6 Å². The van der Waals surface area contributed by atoms with Crippen molar-refractivity contribution in [1.29, 1.82) is 0 Å². The van der Waals surface area contributed by atoms with Gasteiger partial charge >= 0.3 is 6.03 Å². The number of ether oxygens (including phenoxy) is 1. The Kier molecular flexibility index (Phi) is 7.55. The molecule has 0 bridgehead atoms. The van der Waals surface area contributed by atoms with Gasteiger partial charge in [0.1, 0.15) is 17.9 Å². The molecule has 1 N–H and O–H groups in total. The number of nitro benzene ring substituents is 1. The number of halogens is 2.